The van der Waals surface area contributed by atoms with Crippen LogP contribution in [0.5, 0.6) is 5.75 Å². The van der Waals surface area contributed by atoms with E-state index in [1.807, 2.05) is 18.2 Å². The van der Waals surface area contributed by atoms with Gasteiger partial charge in [-0.25, -0.2) is 0 Å². The maximum absolute atomic E-state index is 12.6. The number of aromatic nitrogens is 2. The number of ether oxygens (including phenoxy) is 1. The molecule has 1 aliphatic heterocycles. The number of nitrogens with zero attached hydrogens (tertiary/aromatic N) is 2. The molecule has 0 radical (unpaired) electrons. The van der Waals surface area contributed by atoms with Crippen molar-refractivity contribution >= 4 is 5.91 Å². The molecular formula is C21H30N4O2. The summed E-state index contributed by atoms with van der Waals surface area (Å²) >= 11 is 0. The molecule has 1 saturated heterocycles. The third kappa shape index (κ3) is 4.69. The highest BCUT2D eigenvalue weighted by atomic mass is 16.5. The molecule has 6 heteroatoms. The molecule has 0 aliphatic carbocycles. The highest BCUT2D eigenvalue weighted by Gasteiger charge is 2.25. The van der Waals surface area contributed by atoms with E-state index in [0.717, 1.165) is 24.5 Å². The molecule has 146 valence electrons. The first-order valence-electron chi connectivity index (χ1n) is 9.60. The van der Waals surface area contributed by atoms with E-state index >= 15 is 0 Å². The summed E-state index contributed by atoms with van der Waals surface area (Å²) in [5.41, 5.74) is 2.52. The maximum Gasteiger partial charge on any atom is 0.271 e. The Hall–Kier alpha value is -2.34. The molecule has 0 saturated carbocycles. The Bertz CT molecular complexity index is 755. The largest absolute Gasteiger partial charge is 0.497 e. The number of methoxy groups -OCH3 is 1. The number of benzene rings is 1. The molecule has 2 N–H and O–H groups in total. The van der Waals surface area contributed by atoms with Gasteiger partial charge in [0.1, 0.15) is 11.4 Å². The van der Waals surface area contributed by atoms with E-state index in [4.69, 9.17) is 4.74 Å². The van der Waals surface area contributed by atoms with E-state index in [2.05, 4.69) is 53.3 Å². The zero-order valence-electron chi connectivity index (χ0n) is 16.7. The molecule has 3 rings (SSSR count). The minimum atomic E-state index is -0.139. The maximum atomic E-state index is 12.6. The third-order valence-corrected chi connectivity index (χ3v) is 5.16. The standard InChI is InChI=1S/C21H30N4O2/c1-21(2,3)19-13-17(23-24-19)20(26)22-14-18(25-11-5-6-12-25)15-7-9-16(27-4)10-8-15/h7-10,13,18H,5-6,11-12,14H2,1-4H3,(H,22,26)(H,23,24). The van der Waals surface area contributed by atoms with Gasteiger partial charge in [-0.15, -0.1) is 0 Å². The average Bonchev–Trinajstić information content (AvgIpc) is 3.34. The van der Waals surface area contributed by atoms with Gasteiger partial charge in [0.2, 0.25) is 0 Å². The SMILES string of the molecule is COc1ccc(C(CNC(=O)c2cc(C(C)(C)C)[nH]n2)N2CCCC2)cc1. The van der Waals surface area contributed by atoms with E-state index in [-0.39, 0.29) is 17.4 Å². The van der Waals surface area contributed by atoms with Crippen molar-refractivity contribution in [2.45, 2.75) is 45.1 Å². The number of aromatic amines is 1. The lowest BCUT2D eigenvalue weighted by Gasteiger charge is -2.28. The molecular weight excluding hydrogens is 340 g/mol. The predicted molar refractivity (Wildman–Crippen MR) is 106 cm³/mol. The van der Waals surface area contributed by atoms with Gasteiger partial charge in [-0.2, -0.15) is 5.10 Å². The summed E-state index contributed by atoms with van der Waals surface area (Å²) in [5, 5.41) is 10.2. The quantitative estimate of drug-likeness (QED) is 0.819. The molecule has 1 fully saturated rings. The summed E-state index contributed by atoms with van der Waals surface area (Å²) in [4.78, 5) is 15.0. The molecule has 2 aromatic rings. The van der Waals surface area contributed by atoms with Crippen molar-refractivity contribution in [2.75, 3.05) is 26.7 Å². The van der Waals surface area contributed by atoms with Gasteiger partial charge in [-0.3, -0.25) is 14.8 Å². The highest BCUT2D eigenvalue weighted by molar-refractivity contribution is 5.92. The summed E-state index contributed by atoms with van der Waals surface area (Å²) in [7, 11) is 1.67. The zero-order chi connectivity index (χ0) is 19.4. The number of carbonyl (C=O) groups is 1. The van der Waals surface area contributed by atoms with Crippen molar-refractivity contribution in [2.24, 2.45) is 0 Å². The first-order chi connectivity index (χ1) is 12.9. The van der Waals surface area contributed by atoms with Gasteiger partial charge in [0.05, 0.1) is 13.2 Å². The lowest BCUT2D eigenvalue weighted by molar-refractivity contribution is 0.0933. The number of nitrogens with one attached hydrogen (secondary N) is 2. The fourth-order valence-electron chi connectivity index (χ4n) is 3.44. The molecule has 1 amide bonds. The zero-order valence-corrected chi connectivity index (χ0v) is 16.7. The fourth-order valence-corrected chi connectivity index (χ4v) is 3.44. The molecule has 0 spiro atoms. The number of likely N-dealkylation sites (tertiary alicyclic amines) is 1. The second-order valence-corrected chi connectivity index (χ2v) is 8.16. The number of rotatable bonds is 6. The molecule has 0 bridgehead atoms. The normalized spacial score (nSPS) is 16.3. The molecule has 1 unspecified atom stereocenters. The Balaban J connectivity index is 1.70. The first-order valence-corrected chi connectivity index (χ1v) is 9.60. The van der Waals surface area contributed by atoms with Gasteiger partial charge < -0.3 is 10.1 Å². The van der Waals surface area contributed by atoms with Crippen molar-refractivity contribution in [3.05, 3.63) is 47.3 Å². The van der Waals surface area contributed by atoms with Crippen LogP contribution in [0.4, 0.5) is 0 Å². The smallest absolute Gasteiger partial charge is 0.271 e. The molecule has 6 nitrogen and oxygen atoms in total. The molecule has 27 heavy (non-hydrogen) atoms. The van der Waals surface area contributed by atoms with Crippen molar-refractivity contribution in [1.29, 1.82) is 0 Å². The minimum Gasteiger partial charge on any atom is -0.497 e. The van der Waals surface area contributed by atoms with E-state index in [9.17, 15) is 4.79 Å². The van der Waals surface area contributed by atoms with Crippen LogP contribution < -0.4 is 10.1 Å². The van der Waals surface area contributed by atoms with Crippen molar-refractivity contribution in [3.8, 4) is 5.75 Å². The number of carbonyl (C=O) groups excluding carboxylic acids is 1. The Morgan fingerprint density at radius 2 is 1.93 bits per heavy atom. The van der Waals surface area contributed by atoms with Crippen LogP contribution in [-0.2, 0) is 5.41 Å². The van der Waals surface area contributed by atoms with E-state index in [0.29, 0.717) is 12.2 Å². The number of hydrogen-bond acceptors (Lipinski definition) is 4. The second-order valence-electron chi connectivity index (χ2n) is 8.16. The van der Waals surface area contributed by atoms with E-state index in [1.165, 1.54) is 18.4 Å². The van der Waals surface area contributed by atoms with Crippen molar-refractivity contribution in [3.63, 3.8) is 0 Å². The second kappa shape index (κ2) is 8.13. The van der Waals surface area contributed by atoms with Gasteiger partial charge in [-0.1, -0.05) is 32.9 Å². The number of H-pyrrole nitrogens is 1. The van der Waals surface area contributed by atoms with Crippen LogP contribution in [0.1, 0.15) is 61.4 Å². The van der Waals surface area contributed by atoms with Gasteiger partial charge in [-0.05, 0) is 49.7 Å². The summed E-state index contributed by atoms with van der Waals surface area (Å²) in [6.45, 7) is 8.95. The molecule has 1 aliphatic rings. The van der Waals surface area contributed by atoms with Gasteiger partial charge in [0, 0.05) is 17.7 Å². The highest BCUT2D eigenvalue weighted by Crippen LogP contribution is 2.26. The predicted octanol–water partition coefficient (Wildman–Crippen LogP) is 3.28. The van der Waals surface area contributed by atoms with Gasteiger partial charge in [0.15, 0.2) is 0 Å². The molecule has 1 aromatic heterocycles. The van der Waals surface area contributed by atoms with Crippen LogP contribution >= 0.6 is 0 Å². The molecule has 1 aromatic carbocycles. The van der Waals surface area contributed by atoms with Crippen LogP contribution in [0.3, 0.4) is 0 Å². The van der Waals surface area contributed by atoms with Crippen LogP contribution in [0.2, 0.25) is 0 Å². The Morgan fingerprint density at radius 3 is 2.48 bits per heavy atom. The molecule has 2 heterocycles. The van der Waals surface area contributed by atoms with Crippen LogP contribution in [0.15, 0.2) is 30.3 Å². The lowest BCUT2D eigenvalue weighted by atomic mass is 9.92. The number of hydrogen-bond donors (Lipinski definition) is 2. The van der Waals surface area contributed by atoms with Crippen LogP contribution in [0, 0.1) is 0 Å². The molecule has 1 atom stereocenters. The topological polar surface area (TPSA) is 70.2 Å². The van der Waals surface area contributed by atoms with Gasteiger partial charge >= 0.3 is 0 Å². The summed E-state index contributed by atoms with van der Waals surface area (Å²) in [5.74, 6) is 0.702. The third-order valence-electron chi connectivity index (χ3n) is 5.16. The summed E-state index contributed by atoms with van der Waals surface area (Å²) in [6.07, 6.45) is 2.41. The van der Waals surface area contributed by atoms with E-state index < -0.39 is 0 Å². The van der Waals surface area contributed by atoms with Crippen molar-refractivity contribution in [1.82, 2.24) is 20.4 Å². The van der Waals surface area contributed by atoms with Crippen molar-refractivity contribution < 1.29 is 9.53 Å². The monoisotopic (exact) mass is 370 g/mol. The summed E-state index contributed by atoms with van der Waals surface area (Å²) < 4.78 is 5.27. The number of amides is 1. The van der Waals surface area contributed by atoms with Crippen LogP contribution in [0.25, 0.3) is 0 Å². The lowest BCUT2D eigenvalue weighted by Crippen LogP contribution is -2.37. The van der Waals surface area contributed by atoms with Crippen LogP contribution in [-0.4, -0.2) is 47.7 Å². The fraction of sp³-hybridized carbons (Fsp3) is 0.524. The van der Waals surface area contributed by atoms with E-state index in [1.54, 1.807) is 7.11 Å². The minimum absolute atomic E-state index is 0.0628. The Kier molecular flexibility index (Phi) is 5.85. The Labute approximate surface area is 161 Å². The average molecular weight is 370 g/mol. The van der Waals surface area contributed by atoms with Gasteiger partial charge in [0.25, 0.3) is 5.91 Å². The first kappa shape index (κ1) is 19.4. The Morgan fingerprint density at radius 1 is 1.26 bits per heavy atom. The summed E-state index contributed by atoms with van der Waals surface area (Å²) in [6, 6.07) is 10.1.